The van der Waals surface area contributed by atoms with Crippen LogP contribution in [0.2, 0.25) is 0 Å². The Kier molecular flexibility index (Phi) is 5.66. The van der Waals surface area contributed by atoms with Crippen molar-refractivity contribution in [3.63, 3.8) is 0 Å². The van der Waals surface area contributed by atoms with Gasteiger partial charge in [-0.15, -0.1) is 12.4 Å². The van der Waals surface area contributed by atoms with E-state index in [9.17, 15) is 8.42 Å². The van der Waals surface area contributed by atoms with Crippen LogP contribution in [-0.4, -0.2) is 31.9 Å². The highest BCUT2D eigenvalue weighted by Crippen LogP contribution is 2.28. The fourth-order valence-corrected chi connectivity index (χ4v) is 4.38. The van der Waals surface area contributed by atoms with E-state index in [0.717, 1.165) is 12.8 Å². The lowest BCUT2D eigenvalue weighted by molar-refractivity contribution is 0.243. The van der Waals surface area contributed by atoms with Crippen LogP contribution in [-0.2, 0) is 10.0 Å². The van der Waals surface area contributed by atoms with Gasteiger partial charge in [-0.2, -0.15) is 4.31 Å². The summed E-state index contributed by atoms with van der Waals surface area (Å²) >= 11 is 0. The maximum Gasteiger partial charge on any atom is 0.246 e. The third-order valence-corrected chi connectivity index (χ3v) is 5.75. The van der Waals surface area contributed by atoms with Gasteiger partial charge in [0, 0.05) is 19.1 Å². The Morgan fingerprint density at radius 1 is 1.45 bits per heavy atom. The predicted octanol–water partition coefficient (Wildman–Crippen LogP) is 2.07. The number of halogens is 1. The van der Waals surface area contributed by atoms with Crippen LogP contribution in [0.4, 0.5) is 0 Å². The molecule has 2 heterocycles. The summed E-state index contributed by atoms with van der Waals surface area (Å²) in [5.74, 6) is 1.31. The molecule has 0 aromatic carbocycles. The predicted molar refractivity (Wildman–Crippen MR) is 80.6 cm³/mol. The number of furan rings is 1. The van der Waals surface area contributed by atoms with Crippen molar-refractivity contribution in [1.82, 2.24) is 4.31 Å². The lowest BCUT2D eigenvalue weighted by Gasteiger charge is -2.33. The average Bonchev–Trinajstić information content (AvgIpc) is 2.69. The van der Waals surface area contributed by atoms with Crippen molar-refractivity contribution in [2.75, 3.05) is 13.1 Å². The van der Waals surface area contributed by atoms with Gasteiger partial charge >= 0.3 is 0 Å². The number of nitrogens with two attached hydrogens (primary N) is 1. The number of piperidine rings is 1. The van der Waals surface area contributed by atoms with Gasteiger partial charge in [0.05, 0.1) is 0 Å². The summed E-state index contributed by atoms with van der Waals surface area (Å²) in [4.78, 5) is 0.287. The first kappa shape index (κ1) is 17.5. The van der Waals surface area contributed by atoms with E-state index in [-0.39, 0.29) is 29.3 Å². The first-order valence-electron chi connectivity index (χ1n) is 6.65. The van der Waals surface area contributed by atoms with Crippen molar-refractivity contribution < 1.29 is 12.8 Å². The third-order valence-electron chi connectivity index (χ3n) is 3.78. The molecule has 0 amide bonds. The molecule has 0 bridgehead atoms. The number of aryl methyl sites for hydroxylation is 2. The molecule has 2 atom stereocenters. The molecule has 116 valence electrons. The van der Waals surface area contributed by atoms with E-state index in [1.165, 1.54) is 0 Å². The number of hydrogen-bond acceptors (Lipinski definition) is 4. The summed E-state index contributed by atoms with van der Waals surface area (Å²) in [6.07, 6.45) is 1.86. The van der Waals surface area contributed by atoms with Gasteiger partial charge in [-0.1, -0.05) is 0 Å². The van der Waals surface area contributed by atoms with E-state index in [1.807, 2.05) is 6.92 Å². The van der Waals surface area contributed by atoms with Crippen molar-refractivity contribution in [3.8, 4) is 0 Å². The monoisotopic (exact) mass is 322 g/mol. The molecule has 2 N–H and O–H groups in total. The molecule has 2 unspecified atom stereocenters. The van der Waals surface area contributed by atoms with Gasteiger partial charge < -0.3 is 10.2 Å². The second-order valence-corrected chi connectivity index (χ2v) is 7.31. The molecule has 0 spiro atoms. The summed E-state index contributed by atoms with van der Waals surface area (Å²) in [5.41, 5.74) is 5.91. The van der Waals surface area contributed by atoms with E-state index in [2.05, 4.69) is 0 Å². The minimum absolute atomic E-state index is 0. The Labute approximate surface area is 127 Å². The summed E-state index contributed by atoms with van der Waals surface area (Å²) < 4.78 is 32.1. The number of hydrogen-bond donors (Lipinski definition) is 1. The quantitative estimate of drug-likeness (QED) is 0.924. The van der Waals surface area contributed by atoms with Crippen molar-refractivity contribution in [2.24, 2.45) is 11.7 Å². The lowest BCUT2D eigenvalue weighted by Crippen LogP contribution is -2.45. The maximum atomic E-state index is 12.6. The van der Waals surface area contributed by atoms with Crippen LogP contribution in [0.25, 0.3) is 0 Å². The zero-order valence-corrected chi connectivity index (χ0v) is 13.8. The Bertz CT molecular complexity index is 554. The van der Waals surface area contributed by atoms with Gasteiger partial charge in [0.2, 0.25) is 10.0 Å². The molecule has 0 aliphatic carbocycles. The Morgan fingerprint density at radius 2 is 2.10 bits per heavy atom. The van der Waals surface area contributed by atoms with Crippen LogP contribution < -0.4 is 5.73 Å². The van der Waals surface area contributed by atoms with Crippen molar-refractivity contribution in [3.05, 3.63) is 17.6 Å². The normalized spacial score (nSPS) is 22.3. The molecule has 1 aliphatic heterocycles. The molecular weight excluding hydrogens is 300 g/mol. The molecule has 2 rings (SSSR count). The molecule has 1 aliphatic rings. The molecule has 1 fully saturated rings. The largest absolute Gasteiger partial charge is 0.465 e. The van der Waals surface area contributed by atoms with E-state index in [4.69, 9.17) is 10.2 Å². The fourth-order valence-electron chi connectivity index (χ4n) is 2.62. The van der Waals surface area contributed by atoms with Crippen molar-refractivity contribution in [1.29, 1.82) is 0 Å². The fraction of sp³-hybridized carbons (Fsp3) is 0.692. The van der Waals surface area contributed by atoms with Gasteiger partial charge in [-0.3, -0.25) is 0 Å². The number of rotatable bonds is 3. The Balaban J connectivity index is 0.00000200. The lowest BCUT2D eigenvalue weighted by atomic mass is 9.93. The molecule has 1 saturated heterocycles. The van der Waals surface area contributed by atoms with Gasteiger partial charge in [0.1, 0.15) is 16.4 Å². The van der Waals surface area contributed by atoms with Gasteiger partial charge in [0.15, 0.2) is 0 Å². The second kappa shape index (κ2) is 6.47. The van der Waals surface area contributed by atoms with Crippen molar-refractivity contribution >= 4 is 22.4 Å². The average molecular weight is 323 g/mol. The molecule has 1 aromatic rings. The van der Waals surface area contributed by atoms with Gasteiger partial charge in [-0.25, -0.2) is 8.42 Å². The Hall–Kier alpha value is -0.560. The number of nitrogens with zero attached hydrogens (tertiary/aromatic N) is 1. The van der Waals surface area contributed by atoms with Crippen LogP contribution in [0.15, 0.2) is 15.4 Å². The minimum atomic E-state index is -3.45. The summed E-state index contributed by atoms with van der Waals surface area (Å²) in [6, 6.07) is 1.62. The van der Waals surface area contributed by atoms with Crippen molar-refractivity contribution in [2.45, 2.75) is 44.6 Å². The molecule has 1 aromatic heterocycles. The first-order chi connectivity index (χ1) is 8.82. The minimum Gasteiger partial charge on any atom is -0.465 e. The van der Waals surface area contributed by atoms with E-state index in [0.29, 0.717) is 24.6 Å². The maximum absolute atomic E-state index is 12.6. The highest BCUT2D eigenvalue weighted by Gasteiger charge is 2.33. The standard InChI is InChI=1S/C13H22N2O3S.ClH/c1-9-7-13(11(3)18-9)19(16,17)15-6-4-5-12(8-15)10(2)14;/h7,10,12H,4-6,8,14H2,1-3H3;1H. The second-order valence-electron chi connectivity index (χ2n) is 5.40. The molecule has 0 radical (unpaired) electrons. The summed E-state index contributed by atoms with van der Waals surface area (Å²) in [6.45, 7) is 6.45. The summed E-state index contributed by atoms with van der Waals surface area (Å²) in [5, 5.41) is 0. The molecular formula is C13H23ClN2O3S. The zero-order chi connectivity index (χ0) is 14.2. The highest BCUT2D eigenvalue weighted by molar-refractivity contribution is 7.89. The van der Waals surface area contributed by atoms with Gasteiger partial charge in [0.25, 0.3) is 0 Å². The topological polar surface area (TPSA) is 76.5 Å². The molecule has 7 heteroatoms. The third kappa shape index (κ3) is 3.36. The van der Waals surface area contributed by atoms with E-state index < -0.39 is 10.0 Å². The van der Waals surface area contributed by atoms with Crippen LogP contribution in [0.1, 0.15) is 31.3 Å². The van der Waals surface area contributed by atoms with E-state index >= 15 is 0 Å². The van der Waals surface area contributed by atoms with Crippen LogP contribution >= 0.6 is 12.4 Å². The number of sulfonamides is 1. The molecule has 20 heavy (non-hydrogen) atoms. The van der Waals surface area contributed by atoms with Crippen LogP contribution in [0.3, 0.4) is 0 Å². The summed E-state index contributed by atoms with van der Waals surface area (Å²) in [7, 11) is -3.45. The van der Waals surface area contributed by atoms with Gasteiger partial charge in [-0.05, 0) is 45.6 Å². The van der Waals surface area contributed by atoms with E-state index in [1.54, 1.807) is 24.2 Å². The SMILES string of the molecule is Cc1cc(S(=O)(=O)N2CCCC(C(C)N)C2)c(C)o1.Cl. The first-order valence-corrected chi connectivity index (χ1v) is 8.09. The van der Waals surface area contributed by atoms with Crippen LogP contribution in [0, 0.1) is 19.8 Å². The Morgan fingerprint density at radius 3 is 2.60 bits per heavy atom. The highest BCUT2D eigenvalue weighted by atomic mass is 35.5. The van der Waals surface area contributed by atoms with Crippen LogP contribution in [0.5, 0.6) is 0 Å². The smallest absolute Gasteiger partial charge is 0.246 e. The molecule has 0 saturated carbocycles. The zero-order valence-electron chi connectivity index (χ0n) is 12.1. The molecule has 5 nitrogen and oxygen atoms in total.